The predicted molar refractivity (Wildman–Crippen MR) is 89.7 cm³/mol. The fourth-order valence-corrected chi connectivity index (χ4v) is 2.91. The molecule has 0 aliphatic carbocycles. The molecule has 0 radical (unpaired) electrons. The van der Waals surface area contributed by atoms with E-state index in [9.17, 15) is 9.59 Å². The second kappa shape index (κ2) is 5.94. The van der Waals surface area contributed by atoms with E-state index in [1.54, 1.807) is 48.4 Å². The number of amides is 2. The van der Waals surface area contributed by atoms with Gasteiger partial charge in [0.1, 0.15) is 5.82 Å². The van der Waals surface area contributed by atoms with Gasteiger partial charge in [-0.1, -0.05) is 12.1 Å². The predicted octanol–water partition coefficient (Wildman–Crippen LogP) is 1.72. The molecule has 2 aromatic heterocycles. The van der Waals surface area contributed by atoms with Crippen LogP contribution in [-0.2, 0) is 13.5 Å². The lowest BCUT2D eigenvalue weighted by Gasteiger charge is -2.12. The maximum absolute atomic E-state index is 12.4. The molecule has 25 heavy (non-hydrogen) atoms. The first-order chi connectivity index (χ1) is 12.1. The lowest BCUT2D eigenvalue weighted by atomic mass is 10.1. The molecule has 3 heterocycles. The van der Waals surface area contributed by atoms with Crippen LogP contribution in [0.3, 0.4) is 0 Å². The Bertz CT molecular complexity index is 930. The Kier molecular flexibility index (Phi) is 3.61. The number of aromatic nitrogens is 4. The molecule has 7 heteroatoms. The van der Waals surface area contributed by atoms with E-state index in [0.717, 1.165) is 5.56 Å². The number of pyridine rings is 1. The Morgan fingerprint density at radius 2 is 1.60 bits per heavy atom. The second-order valence-electron chi connectivity index (χ2n) is 5.77. The van der Waals surface area contributed by atoms with Crippen molar-refractivity contribution in [2.24, 2.45) is 7.05 Å². The number of fused-ring (bicyclic) bond motifs is 1. The minimum Gasteiger partial charge on any atom is -0.274 e. The van der Waals surface area contributed by atoms with E-state index in [4.69, 9.17) is 0 Å². The number of hydrogen-bond donors (Lipinski definition) is 0. The Balaban J connectivity index is 1.52. The molecule has 1 aliphatic rings. The normalized spacial score (nSPS) is 13.4. The highest BCUT2D eigenvalue weighted by Gasteiger charge is 2.34. The topological polar surface area (TPSA) is 81.0 Å². The number of imide groups is 1. The van der Waals surface area contributed by atoms with Gasteiger partial charge in [0.05, 0.1) is 11.1 Å². The van der Waals surface area contributed by atoms with Crippen LogP contribution in [-0.4, -0.2) is 43.0 Å². The number of aryl methyl sites for hydroxylation is 1. The molecule has 7 nitrogen and oxygen atoms in total. The van der Waals surface area contributed by atoms with E-state index < -0.39 is 0 Å². The standard InChI is InChI=1S/C18H15N5O2/c1-22-15(20-16(21-22)12-6-9-19-10-7-12)8-11-23-17(24)13-4-2-3-5-14(13)18(23)25/h2-7,9-10H,8,11H2,1H3. The zero-order valence-electron chi connectivity index (χ0n) is 13.6. The third-order valence-corrected chi connectivity index (χ3v) is 4.23. The van der Waals surface area contributed by atoms with Gasteiger partial charge in [0.25, 0.3) is 11.8 Å². The van der Waals surface area contributed by atoms with Gasteiger partial charge in [0.15, 0.2) is 5.82 Å². The fraction of sp³-hybridized carbons (Fsp3) is 0.167. The van der Waals surface area contributed by atoms with E-state index in [0.29, 0.717) is 29.2 Å². The average molecular weight is 333 g/mol. The van der Waals surface area contributed by atoms with Gasteiger partial charge in [-0.25, -0.2) is 4.98 Å². The molecule has 0 fully saturated rings. The summed E-state index contributed by atoms with van der Waals surface area (Å²) in [6.45, 7) is 0.272. The third-order valence-electron chi connectivity index (χ3n) is 4.23. The van der Waals surface area contributed by atoms with Crippen molar-refractivity contribution in [3.8, 4) is 11.4 Å². The highest BCUT2D eigenvalue weighted by atomic mass is 16.2. The van der Waals surface area contributed by atoms with Gasteiger partial charge in [-0.3, -0.25) is 24.2 Å². The SMILES string of the molecule is Cn1nc(-c2ccncc2)nc1CCN1C(=O)c2ccccc2C1=O. The first kappa shape index (κ1) is 15.2. The van der Waals surface area contributed by atoms with E-state index >= 15 is 0 Å². The van der Waals surface area contributed by atoms with Crippen molar-refractivity contribution in [2.75, 3.05) is 6.54 Å². The first-order valence-corrected chi connectivity index (χ1v) is 7.90. The van der Waals surface area contributed by atoms with Gasteiger partial charge in [-0.15, -0.1) is 0 Å². The molecule has 2 amide bonds. The van der Waals surface area contributed by atoms with Crippen molar-refractivity contribution in [3.05, 3.63) is 65.7 Å². The van der Waals surface area contributed by atoms with Gasteiger partial charge < -0.3 is 0 Å². The van der Waals surface area contributed by atoms with Crippen LogP contribution in [0.25, 0.3) is 11.4 Å². The van der Waals surface area contributed by atoms with Crippen LogP contribution in [0.15, 0.2) is 48.8 Å². The minimum atomic E-state index is -0.253. The molecule has 1 aromatic carbocycles. The average Bonchev–Trinajstić information content (AvgIpc) is 3.13. The third kappa shape index (κ3) is 2.59. The summed E-state index contributed by atoms with van der Waals surface area (Å²) in [5.41, 5.74) is 1.79. The van der Waals surface area contributed by atoms with Crippen LogP contribution in [0, 0.1) is 0 Å². The highest BCUT2D eigenvalue weighted by Crippen LogP contribution is 2.22. The number of carbonyl (C=O) groups is 2. The maximum Gasteiger partial charge on any atom is 0.261 e. The van der Waals surface area contributed by atoms with E-state index in [1.165, 1.54) is 4.90 Å². The Hall–Kier alpha value is -3.35. The number of carbonyl (C=O) groups excluding carboxylic acids is 2. The highest BCUT2D eigenvalue weighted by molar-refractivity contribution is 6.21. The van der Waals surface area contributed by atoms with E-state index in [2.05, 4.69) is 15.1 Å². The summed E-state index contributed by atoms with van der Waals surface area (Å²) in [6.07, 6.45) is 3.81. The van der Waals surface area contributed by atoms with Crippen molar-refractivity contribution < 1.29 is 9.59 Å². The van der Waals surface area contributed by atoms with E-state index in [-0.39, 0.29) is 18.4 Å². The Morgan fingerprint density at radius 3 is 2.24 bits per heavy atom. The zero-order valence-corrected chi connectivity index (χ0v) is 13.6. The number of benzene rings is 1. The summed E-state index contributed by atoms with van der Waals surface area (Å²) in [5.74, 6) is 0.805. The van der Waals surface area contributed by atoms with Crippen molar-refractivity contribution in [2.45, 2.75) is 6.42 Å². The largest absolute Gasteiger partial charge is 0.274 e. The van der Waals surface area contributed by atoms with Crippen LogP contribution in [0.2, 0.25) is 0 Å². The summed E-state index contributed by atoms with van der Waals surface area (Å²) in [5, 5.41) is 4.39. The number of rotatable bonds is 4. The van der Waals surface area contributed by atoms with Gasteiger partial charge in [-0.05, 0) is 24.3 Å². The summed E-state index contributed by atoms with van der Waals surface area (Å²) in [4.78, 5) is 34.6. The van der Waals surface area contributed by atoms with Crippen molar-refractivity contribution >= 4 is 11.8 Å². The van der Waals surface area contributed by atoms with Crippen molar-refractivity contribution in [3.63, 3.8) is 0 Å². The molecule has 0 unspecified atom stereocenters. The lowest BCUT2D eigenvalue weighted by Crippen LogP contribution is -2.32. The summed E-state index contributed by atoms with van der Waals surface area (Å²) in [6, 6.07) is 10.6. The Morgan fingerprint density at radius 1 is 0.960 bits per heavy atom. The van der Waals surface area contributed by atoms with Crippen molar-refractivity contribution in [1.29, 1.82) is 0 Å². The molecular weight excluding hydrogens is 318 g/mol. The van der Waals surface area contributed by atoms with Gasteiger partial charge >= 0.3 is 0 Å². The molecule has 0 spiro atoms. The molecule has 0 atom stereocenters. The van der Waals surface area contributed by atoms with Crippen LogP contribution < -0.4 is 0 Å². The smallest absolute Gasteiger partial charge is 0.261 e. The molecule has 0 saturated heterocycles. The monoisotopic (exact) mass is 333 g/mol. The summed E-state index contributed by atoms with van der Waals surface area (Å²) < 4.78 is 1.67. The van der Waals surface area contributed by atoms with Gasteiger partial charge in [0.2, 0.25) is 0 Å². The molecule has 0 bridgehead atoms. The van der Waals surface area contributed by atoms with Crippen molar-refractivity contribution in [1.82, 2.24) is 24.6 Å². The minimum absolute atomic E-state index is 0.253. The lowest BCUT2D eigenvalue weighted by molar-refractivity contribution is 0.0655. The van der Waals surface area contributed by atoms with Crippen LogP contribution in [0.4, 0.5) is 0 Å². The van der Waals surface area contributed by atoms with Crippen LogP contribution in [0.1, 0.15) is 26.5 Å². The molecule has 4 rings (SSSR count). The molecule has 3 aromatic rings. The summed E-state index contributed by atoms with van der Waals surface area (Å²) >= 11 is 0. The Labute approximate surface area is 143 Å². The molecule has 0 N–H and O–H groups in total. The second-order valence-corrected chi connectivity index (χ2v) is 5.77. The summed E-state index contributed by atoms with van der Waals surface area (Å²) in [7, 11) is 1.80. The fourth-order valence-electron chi connectivity index (χ4n) is 2.91. The quantitative estimate of drug-likeness (QED) is 0.679. The number of hydrogen-bond acceptors (Lipinski definition) is 5. The first-order valence-electron chi connectivity index (χ1n) is 7.90. The molecule has 124 valence electrons. The van der Waals surface area contributed by atoms with E-state index in [1.807, 2.05) is 12.1 Å². The van der Waals surface area contributed by atoms with Crippen LogP contribution >= 0.6 is 0 Å². The molecule has 1 aliphatic heterocycles. The van der Waals surface area contributed by atoms with Gasteiger partial charge in [-0.2, -0.15) is 5.10 Å². The van der Waals surface area contributed by atoms with Crippen LogP contribution in [0.5, 0.6) is 0 Å². The van der Waals surface area contributed by atoms with Gasteiger partial charge in [0, 0.05) is 38.0 Å². The zero-order chi connectivity index (χ0) is 17.4. The molecule has 0 saturated carbocycles. The number of nitrogens with zero attached hydrogens (tertiary/aromatic N) is 5. The maximum atomic E-state index is 12.4. The molecular formula is C18H15N5O2.